The van der Waals surface area contributed by atoms with Gasteiger partial charge in [0.25, 0.3) is 5.91 Å². The molecule has 3 aromatic rings. The van der Waals surface area contributed by atoms with Crippen LogP contribution in [-0.4, -0.2) is 15.2 Å². The Kier molecular flexibility index (Phi) is 4.60. The zero-order chi connectivity index (χ0) is 17.9. The van der Waals surface area contributed by atoms with Crippen molar-refractivity contribution in [2.24, 2.45) is 0 Å². The highest BCUT2D eigenvalue weighted by Crippen LogP contribution is 2.33. The molecule has 2 aromatic carbocycles. The van der Waals surface area contributed by atoms with Crippen LogP contribution in [0.15, 0.2) is 82.1 Å². The molecule has 0 unspecified atom stereocenters. The van der Waals surface area contributed by atoms with Gasteiger partial charge in [-0.15, -0.1) is 0 Å². The molecule has 4 nitrogen and oxygen atoms in total. The summed E-state index contributed by atoms with van der Waals surface area (Å²) in [5.74, 6) is 1.18. The SMILES string of the molecule is O=C1/C(=C\c2ccc(-c3ccccc3)o2)SC(=S)N1Nc1ccccc1. The van der Waals surface area contributed by atoms with E-state index in [2.05, 4.69) is 5.43 Å². The van der Waals surface area contributed by atoms with Gasteiger partial charge in [0, 0.05) is 11.6 Å². The molecule has 1 aliphatic heterocycles. The van der Waals surface area contributed by atoms with Crippen molar-refractivity contribution in [3.8, 4) is 11.3 Å². The molecule has 0 aliphatic carbocycles. The van der Waals surface area contributed by atoms with Gasteiger partial charge < -0.3 is 4.42 Å². The van der Waals surface area contributed by atoms with Crippen LogP contribution in [0, 0.1) is 0 Å². The van der Waals surface area contributed by atoms with Crippen molar-refractivity contribution >= 4 is 46.0 Å². The first-order valence-corrected chi connectivity index (χ1v) is 9.18. The van der Waals surface area contributed by atoms with Crippen molar-refractivity contribution in [3.05, 3.63) is 83.5 Å². The molecule has 1 N–H and O–H groups in total. The highest BCUT2D eigenvalue weighted by atomic mass is 32.2. The number of para-hydroxylation sites is 1. The quantitative estimate of drug-likeness (QED) is 0.501. The van der Waals surface area contributed by atoms with Crippen molar-refractivity contribution in [3.63, 3.8) is 0 Å². The number of carbonyl (C=O) groups is 1. The summed E-state index contributed by atoms with van der Waals surface area (Å²) in [5.41, 5.74) is 4.83. The number of amides is 1. The summed E-state index contributed by atoms with van der Waals surface area (Å²) < 4.78 is 6.30. The van der Waals surface area contributed by atoms with Gasteiger partial charge in [-0.3, -0.25) is 10.2 Å². The van der Waals surface area contributed by atoms with Crippen LogP contribution in [0.5, 0.6) is 0 Å². The van der Waals surface area contributed by atoms with Gasteiger partial charge in [-0.2, -0.15) is 0 Å². The lowest BCUT2D eigenvalue weighted by Gasteiger charge is -2.16. The molecule has 0 atom stereocenters. The van der Waals surface area contributed by atoms with E-state index in [1.165, 1.54) is 16.8 Å². The second-order valence-electron chi connectivity index (χ2n) is 5.56. The topological polar surface area (TPSA) is 45.5 Å². The van der Waals surface area contributed by atoms with Gasteiger partial charge in [0.1, 0.15) is 11.5 Å². The van der Waals surface area contributed by atoms with Crippen LogP contribution in [0.3, 0.4) is 0 Å². The molecule has 0 bridgehead atoms. The van der Waals surface area contributed by atoms with E-state index >= 15 is 0 Å². The van der Waals surface area contributed by atoms with Crippen molar-refractivity contribution in [1.82, 2.24) is 5.01 Å². The first-order valence-electron chi connectivity index (χ1n) is 7.95. The van der Waals surface area contributed by atoms with E-state index < -0.39 is 0 Å². The maximum atomic E-state index is 12.6. The molecule has 1 fully saturated rings. The number of hydrogen-bond donors (Lipinski definition) is 1. The molecule has 1 saturated heterocycles. The molecule has 0 saturated carbocycles. The van der Waals surface area contributed by atoms with Crippen molar-refractivity contribution in [1.29, 1.82) is 0 Å². The maximum Gasteiger partial charge on any atom is 0.285 e. The molecule has 2 heterocycles. The van der Waals surface area contributed by atoms with Crippen LogP contribution >= 0.6 is 24.0 Å². The number of carbonyl (C=O) groups excluding carboxylic acids is 1. The van der Waals surface area contributed by atoms with E-state index in [4.69, 9.17) is 16.6 Å². The van der Waals surface area contributed by atoms with Gasteiger partial charge in [-0.25, -0.2) is 5.01 Å². The number of rotatable bonds is 4. The van der Waals surface area contributed by atoms with Gasteiger partial charge in [0.15, 0.2) is 4.32 Å². The Bertz CT molecular complexity index is 981. The van der Waals surface area contributed by atoms with Gasteiger partial charge in [0.2, 0.25) is 0 Å². The smallest absolute Gasteiger partial charge is 0.285 e. The predicted molar refractivity (Wildman–Crippen MR) is 109 cm³/mol. The minimum atomic E-state index is -0.193. The van der Waals surface area contributed by atoms with Gasteiger partial charge in [-0.1, -0.05) is 60.3 Å². The van der Waals surface area contributed by atoms with Crippen LogP contribution in [0.1, 0.15) is 5.76 Å². The molecule has 0 radical (unpaired) electrons. The van der Waals surface area contributed by atoms with Crippen molar-refractivity contribution in [2.75, 3.05) is 5.43 Å². The lowest BCUT2D eigenvalue weighted by molar-refractivity contribution is -0.121. The molecule has 1 amide bonds. The minimum absolute atomic E-state index is 0.193. The number of hydrogen-bond acceptors (Lipinski definition) is 5. The average Bonchev–Trinajstić information content (AvgIpc) is 3.24. The fourth-order valence-electron chi connectivity index (χ4n) is 2.52. The number of anilines is 1. The summed E-state index contributed by atoms with van der Waals surface area (Å²) in [4.78, 5) is 13.2. The first-order chi connectivity index (χ1) is 12.7. The fourth-order valence-corrected chi connectivity index (χ4v) is 3.68. The highest BCUT2D eigenvalue weighted by Gasteiger charge is 2.32. The zero-order valence-electron chi connectivity index (χ0n) is 13.6. The predicted octanol–water partition coefficient (Wildman–Crippen LogP) is 5.17. The van der Waals surface area contributed by atoms with Crippen LogP contribution < -0.4 is 5.43 Å². The lowest BCUT2D eigenvalue weighted by Crippen LogP contribution is -2.33. The number of hydrazine groups is 1. The Labute approximate surface area is 160 Å². The van der Waals surface area contributed by atoms with Gasteiger partial charge in [0.05, 0.1) is 10.6 Å². The third-order valence-corrected chi connectivity index (χ3v) is 5.07. The Morgan fingerprint density at radius 2 is 1.65 bits per heavy atom. The number of benzene rings is 2. The Morgan fingerprint density at radius 1 is 0.962 bits per heavy atom. The molecular formula is C20H14N2O2S2. The largest absolute Gasteiger partial charge is 0.457 e. The maximum absolute atomic E-state index is 12.6. The third-order valence-electron chi connectivity index (χ3n) is 3.77. The number of furan rings is 1. The van der Waals surface area contributed by atoms with Crippen LogP contribution in [0.4, 0.5) is 5.69 Å². The Balaban J connectivity index is 1.54. The molecule has 1 aromatic heterocycles. The Morgan fingerprint density at radius 3 is 2.38 bits per heavy atom. The first kappa shape index (κ1) is 16.6. The molecule has 6 heteroatoms. The molecule has 4 rings (SSSR count). The molecule has 26 heavy (non-hydrogen) atoms. The Hall–Kier alpha value is -2.83. The lowest BCUT2D eigenvalue weighted by atomic mass is 10.2. The minimum Gasteiger partial charge on any atom is -0.457 e. The third kappa shape index (κ3) is 3.42. The van der Waals surface area contributed by atoms with Crippen LogP contribution in [-0.2, 0) is 4.79 Å². The average molecular weight is 378 g/mol. The standard InChI is InChI=1S/C20H14N2O2S2/c23-19-18(26-20(25)22(19)21-15-9-5-2-6-10-15)13-16-11-12-17(24-16)14-7-3-1-4-8-14/h1-13,21H/b18-13+. The second-order valence-corrected chi connectivity index (χ2v) is 7.24. The van der Waals surface area contributed by atoms with E-state index in [9.17, 15) is 4.79 Å². The van der Waals surface area contributed by atoms with E-state index in [1.807, 2.05) is 72.8 Å². The molecule has 1 aliphatic rings. The number of nitrogens with zero attached hydrogens (tertiary/aromatic N) is 1. The summed E-state index contributed by atoms with van der Waals surface area (Å²) in [7, 11) is 0. The molecule has 0 spiro atoms. The summed E-state index contributed by atoms with van der Waals surface area (Å²) in [5, 5.41) is 1.38. The summed E-state index contributed by atoms with van der Waals surface area (Å²) in [6, 6.07) is 23.0. The second kappa shape index (κ2) is 7.19. The fraction of sp³-hybridized carbons (Fsp3) is 0. The van der Waals surface area contributed by atoms with Gasteiger partial charge >= 0.3 is 0 Å². The van der Waals surface area contributed by atoms with Crippen molar-refractivity contribution in [2.45, 2.75) is 0 Å². The number of thiocarbonyl (C=S) groups is 1. The van der Waals surface area contributed by atoms with Crippen LogP contribution in [0.2, 0.25) is 0 Å². The van der Waals surface area contributed by atoms with Gasteiger partial charge in [-0.05, 0) is 36.5 Å². The van der Waals surface area contributed by atoms with Crippen LogP contribution in [0.25, 0.3) is 17.4 Å². The number of thioether (sulfide) groups is 1. The van der Waals surface area contributed by atoms with Crippen molar-refractivity contribution < 1.29 is 9.21 Å². The van der Waals surface area contributed by atoms with E-state index in [0.29, 0.717) is 15.0 Å². The zero-order valence-corrected chi connectivity index (χ0v) is 15.2. The van der Waals surface area contributed by atoms with E-state index in [-0.39, 0.29) is 5.91 Å². The molecule has 128 valence electrons. The highest BCUT2D eigenvalue weighted by molar-refractivity contribution is 8.26. The number of nitrogens with one attached hydrogen (secondary N) is 1. The van der Waals surface area contributed by atoms with E-state index in [1.54, 1.807) is 6.08 Å². The summed E-state index contributed by atoms with van der Waals surface area (Å²) >= 11 is 6.57. The molecular weight excluding hydrogens is 364 g/mol. The normalized spacial score (nSPS) is 15.7. The summed E-state index contributed by atoms with van der Waals surface area (Å²) in [6.07, 6.45) is 1.72. The monoisotopic (exact) mass is 378 g/mol. The summed E-state index contributed by atoms with van der Waals surface area (Å²) in [6.45, 7) is 0. The van der Waals surface area contributed by atoms with E-state index in [0.717, 1.165) is 17.0 Å².